The van der Waals surface area contributed by atoms with Crippen molar-refractivity contribution in [2.24, 2.45) is 5.73 Å². The Morgan fingerprint density at radius 1 is 1.29 bits per heavy atom. The molecule has 3 nitrogen and oxygen atoms in total. The first kappa shape index (κ1) is 14.4. The molecule has 17 heavy (non-hydrogen) atoms. The van der Waals surface area contributed by atoms with E-state index in [0.717, 1.165) is 35.8 Å². The van der Waals surface area contributed by atoms with Crippen molar-refractivity contribution < 1.29 is 9.47 Å². The van der Waals surface area contributed by atoms with Gasteiger partial charge >= 0.3 is 0 Å². The first-order valence-electron chi connectivity index (χ1n) is 5.74. The average Bonchev–Trinajstić information content (AvgIpc) is 2.38. The Labute approximate surface area is 108 Å². The molecule has 0 aliphatic heterocycles. The van der Waals surface area contributed by atoms with Crippen LogP contribution in [0.3, 0.4) is 0 Å². The number of rotatable bonds is 8. The minimum absolute atomic E-state index is 0.0266. The number of para-hydroxylation sites is 1. The van der Waals surface area contributed by atoms with Crippen LogP contribution in [0.4, 0.5) is 0 Å². The van der Waals surface area contributed by atoms with Crippen LogP contribution >= 0.6 is 11.8 Å². The van der Waals surface area contributed by atoms with Gasteiger partial charge in [-0.3, -0.25) is 0 Å². The largest absolute Gasteiger partial charge is 0.496 e. The topological polar surface area (TPSA) is 44.5 Å². The summed E-state index contributed by atoms with van der Waals surface area (Å²) in [6.45, 7) is 0.816. The van der Waals surface area contributed by atoms with E-state index in [2.05, 4.69) is 0 Å². The summed E-state index contributed by atoms with van der Waals surface area (Å²) in [4.78, 5) is 0. The Balaban J connectivity index is 2.38. The van der Waals surface area contributed by atoms with Gasteiger partial charge in [-0.05, 0) is 18.2 Å². The van der Waals surface area contributed by atoms with Gasteiger partial charge in [0.2, 0.25) is 0 Å². The van der Waals surface area contributed by atoms with Crippen molar-refractivity contribution in [2.45, 2.75) is 12.5 Å². The van der Waals surface area contributed by atoms with Crippen molar-refractivity contribution in [2.75, 3.05) is 32.3 Å². The zero-order valence-corrected chi connectivity index (χ0v) is 11.3. The van der Waals surface area contributed by atoms with Gasteiger partial charge in [0.05, 0.1) is 7.11 Å². The van der Waals surface area contributed by atoms with Gasteiger partial charge in [0.25, 0.3) is 0 Å². The highest BCUT2D eigenvalue weighted by atomic mass is 32.2. The Bertz CT molecular complexity index is 320. The predicted octanol–water partition coefficient (Wildman–Crippen LogP) is 2.46. The molecule has 1 unspecified atom stereocenters. The molecule has 0 saturated carbocycles. The van der Waals surface area contributed by atoms with Crippen molar-refractivity contribution in [3.05, 3.63) is 29.8 Å². The maximum atomic E-state index is 6.15. The van der Waals surface area contributed by atoms with Crippen molar-refractivity contribution >= 4 is 11.8 Å². The molecule has 1 rings (SSSR count). The fourth-order valence-electron chi connectivity index (χ4n) is 1.58. The van der Waals surface area contributed by atoms with Gasteiger partial charge in [-0.15, -0.1) is 0 Å². The van der Waals surface area contributed by atoms with Crippen LogP contribution in [0.1, 0.15) is 18.0 Å². The molecule has 0 aliphatic rings. The number of hydrogen-bond acceptors (Lipinski definition) is 4. The number of nitrogens with two attached hydrogens (primary N) is 1. The molecule has 1 aromatic rings. The van der Waals surface area contributed by atoms with Crippen molar-refractivity contribution in [1.82, 2.24) is 0 Å². The molecular weight excluding hydrogens is 234 g/mol. The van der Waals surface area contributed by atoms with E-state index in [9.17, 15) is 0 Å². The van der Waals surface area contributed by atoms with Crippen LogP contribution in [-0.4, -0.2) is 32.3 Å². The summed E-state index contributed by atoms with van der Waals surface area (Å²) in [5.41, 5.74) is 7.23. The Morgan fingerprint density at radius 2 is 2.06 bits per heavy atom. The lowest BCUT2D eigenvalue weighted by molar-refractivity contribution is 0.200. The summed E-state index contributed by atoms with van der Waals surface area (Å²) < 4.78 is 10.3. The van der Waals surface area contributed by atoms with Crippen LogP contribution in [0.25, 0.3) is 0 Å². The lowest BCUT2D eigenvalue weighted by Crippen LogP contribution is -2.14. The molecule has 2 N–H and O–H groups in total. The zero-order valence-electron chi connectivity index (χ0n) is 10.5. The number of hydrogen-bond donors (Lipinski definition) is 1. The number of ether oxygens (including phenoxy) is 2. The second-order valence-electron chi connectivity index (χ2n) is 3.77. The lowest BCUT2D eigenvalue weighted by Gasteiger charge is -2.15. The third kappa shape index (κ3) is 4.98. The Morgan fingerprint density at radius 3 is 2.76 bits per heavy atom. The van der Waals surface area contributed by atoms with Gasteiger partial charge in [0.15, 0.2) is 0 Å². The minimum atomic E-state index is 0.0266. The highest BCUT2D eigenvalue weighted by molar-refractivity contribution is 7.99. The third-order valence-corrected chi connectivity index (χ3v) is 3.65. The monoisotopic (exact) mass is 255 g/mol. The molecule has 1 atom stereocenters. The minimum Gasteiger partial charge on any atom is -0.496 e. The van der Waals surface area contributed by atoms with Crippen LogP contribution in [0.2, 0.25) is 0 Å². The predicted molar refractivity (Wildman–Crippen MR) is 73.7 cm³/mol. The molecule has 4 heteroatoms. The molecule has 0 bridgehead atoms. The normalized spacial score (nSPS) is 12.4. The van der Waals surface area contributed by atoms with Crippen molar-refractivity contribution in [3.63, 3.8) is 0 Å². The highest BCUT2D eigenvalue weighted by Crippen LogP contribution is 2.25. The first-order valence-corrected chi connectivity index (χ1v) is 6.90. The number of thioether (sulfide) groups is 1. The van der Waals surface area contributed by atoms with Crippen LogP contribution < -0.4 is 10.5 Å². The molecule has 0 aromatic heterocycles. The second kappa shape index (κ2) is 8.39. The standard InChI is InChI=1S/C13H21NO2S/c1-15-8-5-9-17-10-12(14)11-6-3-4-7-13(11)16-2/h3-4,6-7,12H,5,8-10,14H2,1-2H3. The van der Waals surface area contributed by atoms with Gasteiger partial charge in [0, 0.05) is 31.1 Å². The van der Waals surface area contributed by atoms with Gasteiger partial charge < -0.3 is 15.2 Å². The molecule has 0 aliphatic carbocycles. The first-order chi connectivity index (χ1) is 8.29. The molecule has 0 spiro atoms. The maximum absolute atomic E-state index is 6.15. The quantitative estimate of drug-likeness (QED) is 0.725. The summed E-state index contributed by atoms with van der Waals surface area (Å²) in [6.07, 6.45) is 1.07. The molecule has 96 valence electrons. The molecule has 1 aromatic carbocycles. The summed E-state index contributed by atoms with van der Waals surface area (Å²) in [7, 11) is 3.41. The van der Waals surface area contributed by atoms with E-state index >= 15 is 0 Å². The molecule has 0 saturated heterocycles. The van der Waals surface area contributed by atoms with E-state index in [1.54, 1.807) is 14.2 Å². The van der Waals surface area contributed by atoms with Gasteiger partial charge in [0.1, 0.15) is 5.75 Å². The smallest absolute Gasteiger partial charge is 0.123 e. The fourth-order valence-corrected chi connectivity index (χ4v) is 2.50. The SMILES string of the molecule is COCCCSCC(N)c1ccccc1OC. The molecule has 0 radical (unpaired) electrons. The van der Waals surface area contributed by atoms with E-state index in [1.165, 1.54) is 0 Å². The maximum Gasteiger partial charge on any atom is 0.123 e. The van der Waals surface area contributed by atoms with Crippen LogP contribution in [0.15, 0.2) is 24.3 Å². The van der Waals surface area contributed by atoms with Crippen LogP contribution in [0, 0.1) is 0 Å². The summed E-state index contributed by atoms with van der Waals surface area (Å²) in [5, 5.41) is 0. The summed E-state index contributed by atoms with van der Waals surface area (Å²) in [6, 6.07) is 7.96. The van der Waals surface area contributed by atoms with E-state index in [4.69, 9.17) is 15.2 Å². The fraction of sp³-hybridized carbons (Fsp3) is 0.538. The second-order valence-corrected chi connectivity index (χ2v) is 4.92. The van der Waals surface area contributed by atoms with Crippen molar-refractivity contribution in [1.29, 1.82) is 0 Å². The van der Waals surface area contributed by atoms with Gasteiger partial charge in [-0.1, -0.05) is 18.2 Å². The number of benzene rings is 1. The number of methoxy groups -OCH3 is 2. The van der Waals surface area contributed by atoms with Gasteiger partial charge in [-0.2, -0.15) is 11.8 Å². The van der Waals surface area contributed by atoms with E-state index in [1.807, 2.05) is 36.0 Å². The average molecular weight is 255 g/mol. The third-order valence-electron chi connectivity index (χ3n) is 2.47. The summed E-state index contributed by atoms with van der Waals surface area (Å²) in [5.74, 6) is 2.86. The molecule has 0 amide bonds. The molecule has 0 fully saturated rings. The van der Waals surface area contributed by atoms with E-state index < -0.39 is 0 Å². The Hall–Kier alpha value is -0.710. The van der Waals surface area contributed by atoms with E-state index in [-0.39, 0.29) is 6.04 Å². The Kier molecular flexibility index (Phi) is 7.08. The van der Waals surface area contributed by atoms with Gasteiger partial charge in [-0.25, -0.2) is 0 Å². The highest BCUT2D eigenvalue weighted by Gasteiger charge is 2.10. The zero-order chi connectivity index (χ0) is 12.5. The van der Waals surface area contributed by atoms with E-state index in [0.29, 0.717) is 0 Å². The molecular formula is C13H21NO2S. The lowest BCUT2D eigenvalue weighted by atomic mass is 10.1. The summed E-state index contributed by atoms with van der Waals surface area (Å²) >= 11 is 1.85. The molecule has 0 heterocycles. The van der Waals surface area contributed by atoms with Crippen LogP contribution in [0.5, 0.6) is 5.75 Å². The van der Waals surface area contributed by atoms with Crippen LogP contribution in [-0.2, 0) is 4.74 Å². The van der Waals surface area contributed by atoms with Crippen molar-refractivity contribution in [3.8, 4) is 5.75 Å².